The zero-order valence-corrected chi connectivity index (χ0v) is 14.8. The molecule has 0 amide bonds. The van der Waals surface area contributed by atoms with Gasteiger partial charge in [0.2, 0.25) is 0 Å². The largest absolute Gasteiger partial charge is 0.497 e. The highest BCUT2D eigenvalue weighted by molar-refractivity contribution is 5.97. The number of rotatable bonds is 6. The monoisotopic (exact) mass is 354 g/mol. The van der Waals surface area contributed by atoms with E-state index >= 15 is 0 Å². The fourth-order valence-corrected chi connectivity index (χ4v) is 2.90. The van der Waals surface area contributed by atoms with Crippen LogP contribution in [0.3, 0.4) is 0 Å². The highest BCUT2D eigenvalue weighted by Gasteiger charge is 2.29. The van der Waals surface area contributed by atoms with Crippen molar-refractivity contribution in [3.8, 4) is 11.5 Å². The van der Waals surface area contributed by atoms with Gasteiger partial charge in [-0.25, -0.2) is 0 Å². The van der Waals surface area contributed by atoms with Gasteiger partial charge in [-0.2, -0.15) is 0 Å². The Morgan fingerprint density at radius 3 is 2.58 bits per heavy atom. The molecule has 0 fully saturated rings. The molecule has 0 aromatic heterocycles. The molecule has 0 unspecified atom stereocenters. The lowest BCUT2D eigenvalue weighted by atomic mass is 10.0. The van der Waals surface area contributed by atoms with Crippen LogP contribution in [-0.4, -0.2) is 36.8 Å². The van der Waals surface area contributed by atoms with Gasteiger partial charge in [0.1, 0.15) is 29.8 Å². The molecule has 0 aliphatic carbocycles. The van der Waals surface area contributed by atoms with Crippen molar-refractivity contribution in [3.63, 3.8) is 0 Å². The maximum atomic E-state index is 11.9. The molecule has 1 N–H and O–H groups in total. The number of Topliss-reactive ketones (excluding diaryl/α,β-unsaturated/α-hetero) is 1. The summed E-state index contributed by atoms with van der Waals surface area (Å²) < 4.78 is 17.1. The molecule has 0 saturated carbocycles. The van der Waals surface area contributed by atoms with Crippen molar-refractivity contribution in [2.75, 3.05) is 13.7 Å². The van der Waals surface area contributed by atoms with E-state index in [9.17, 15) is 9.90 Å². The van der Waals surface area contributed by atoms with E-state index in [0.29, 0.717) is 17.1 Å². The first-order valence-corrected chi connectivity index (χ1v) is 8.47. The Hall–Kier alpha value is -2.63. The quantitative estimate of drug-likeness (QED) is 0.637. The van der Waals surface area contributed by atoms with Gasteiger partial charge >= 0.3 is 0 Å². The number of carbonyl (C=O) groups is 1. The molecule has 1 aliphatic heterocycles. The van der Waals surface area contributed by atoms with E-state index in [2.05, 4.69) is 0 Å². The van der Waals surface area contributed by atoms with E-state index in [4.69, 9.17) is 14.2 Å². The number of methoxy groups -OCH3 is 1. The Morgan fingerprint density at radius 1 is 1.15 bits per heavy atom. The van der Waals surface area contributed by atoms with Gasteiger partial charge in [-0.3, -0.25) is 4.79 Å². The van der Waals surface area contributed by atoms with Crippen LogP contribution in [0.1, 0.15) is 28.9 Å². The molecule has 1 heterocycles. The molecule has 3 rings (SSSR count). The molecule has 5 nitrogen and oxygen atoms in total. The second kappa shape index (κ2) is 8.17. The summed E-state index contributed by atoms with van der Waals surface area (Å²) >= 11 is 0. The standard InChI is InChI=1S/C21H22O5/c1-14(23)17-12-16(24-2)8-9-19(17)26-20-11-10-18(25-21(20)13-22)15-6-4-3-5-7-15/h3-12,18,20-22H,13H2,1-2H3/t18-,20-,21+/m0/s1. The number of ketones is 1. The van der Waals surface area contributed by atoms with Crippen molar-refractivity contribution < 1.29 is 24.1 Å². The fourth-order valence-electron chi connectivity index (χ4n) is 2.90. The maximum Gasteiger partial charge on any atom is 0.163 e. The molecule has 136 valence electrons. The predicted molar refractivity (Wildman–Crippen MR) is 97.7 cm³/mol. The third kappa shape index (κ3) is 3.95. The Bertz CT molecular complexity index is 784. The average molecular weight is 354 g/mol. The number of aliphatic hydroxyl groups excluding tert-OH is 1. The molecule has 2 aromatic carbocycles. The van der Waals surface area contributed by atoms with Gasteiger partial charge in [0.25, 0.3) is 0 Å². The van der Waals surface area contributed by atoms with E-state index in [-0.39, 0.29) is 18.5 Å². The number of carbonyl (C=O) groups excluding carboxylic acids is 1. The van der Waals surface area contributed by atoms with E-state index in [1.807, 2.05) is 42.5 Å². The molecule has 5 heteroatoms. The van der Waals surface area contributed by atoms with Crippen LogP contribution in [0, 0.1) is 0 Å². The van der Waals surface area contributed by atoms with Crippen molar-refractivity contribution in [2.45, 2.75) is 25.2 Å². The van der Waals surface area contributed by atoms with Gasteiger partial charge in [0, 0.05) is 0 Å². The molecule has 3 atom stereocenters. The molecule has 26 heavy (non-hydrogen) atoms. The van der Waals surface area contributed by atoms with Crippen LogP contribution in [0.15, 0.2) is 60.7 Å². The van der Waals surface area contributed by atoms with Gasteiger partial charge in [-0.15, -0.1) is 0 Å². The minimum atomic E-state index is -0.535. The number of benzene rings is 2. The first-order chi connectivity index (χ1) is 12.6. The molecule has 0 radical (unpaired) electrons. The van der Waals surface area contributed by atoms with Crippen molar-refractivity contribution in [1.29, 1.82) is 0 Å². The highest BCUT2D eigenvalue weighted by atomic mass is 16.6. The smallest absolute Gasteiger partial charge is 0.163 e. The third-order valence-corrected chi connectivity index (χ3v) is 4.30. The Balaban J connectivity index is 1.83. The second-order valence-corrected chi connectivity index (χ2v) is 6.07. The highest BCUT2D eigenvalue weighted by Crippen LogP contribution is 2.31. The molecule has 2 aromatic rings. The van der Waals surface area contributed by atoms with Crippen LogP contribution in [0.25, 0.3) is 0 Å². The van der Waals surface area contributed by atoms with E-state index in [0.717, 1.165) is 5.56 Å². The minimum absolute atomic E-state index is 0.123. The van der Waals surface area contributed by atoms with Gasteiger partial charge < -0.3 is 19.3 Å². The SMILES string of the molecule is COc1ccc(O[C@H]2C=C[C@@H](c3ccccc3)O[C@@H]2CO)c(C(C)=O)c1. The predicted octanol–water partition coefficient (Wildman–Crippen LogP) is 3.33. The lowest BCUT2D eigenvalue weighted by molar-refractivity contribution is -0.0732. The van der Waals surface area contributed by atoms with E-state index in [1.54, 1.807) is 25.3 Å². The van der Waals surface area contributed by atoms with E-state index < -0.39 is 12.2 Å². The van der Waals surface area contributed by atoms with Crippen molar-refractivity contribution in [3.05, 3.63) is 71.8 Å². The summed E-state index contributed by atoms with van der Waals surface area (Å²) in [4.78, 5) is 11.9. The van der Waals surface area contributed by atoms with Crippen molar-refractivity contribution in [1.82, 2.24) is 0 Å². The number of hydrogen-bond acceptors (Lipinski definition) is 5. The fraction of sp³-hybridized carbons (Fsp3) is 0.286. The molecule has 0 spiro atoms. The van der Waals surface area contributed by atoms with Crippen LogP contribution in [0.5, 0.6) is 11.5 Å². The van der Waals surface area contributed by atoms with Gasteiger partial charge in [-0.1, -0.05) is 36.4 Å². The Labute approximate surface area is 152 Å². The molecule has 0 bridgehead atoms. The van der Waals surface area contributed by atoms with Gasteiger partial charge in [0.05, 0.1) is 19.3 Å². The van der Waals surface area contributed by atoms with Crippen LogP contribution in [0.2, 0.25) is 0 Å². The van der Waals surface area contributed by atoms with Crippen molar-refractivity contribution in [2.24, 2.45) is 0 Å². The van der Waals surface area contributed by atoms with E-state index in [1.165, 1.54) is 6.92 Å². The van der Waals surface area contributed by atoms with Crippen LogP contribution < -0.4 is 9.47 Å². The molecule has 1 aliphatic rings. The Morgan fingerprint density at radius 2 is 1.92 bits per heavy atom. The zero-order valence-electron chi connectivity index (χ0n) is 14.8. The number of ether oxygens (including phenoxy) is 3. The first-order valence-electron chi connectivity index (χ1n) is 8.47. The summed E-state index contributed by atoms with van der Waals surface area (Å²) in [5, 5.41) is 9.74. The van der Waals surface area contributed by atoms with Crippen LogP contribution in [-0.2, 0) is 4.74 Å². The molecular weight excluding hydrogens is 332 g/mol. The number of aliphatic hydroxyl groups is 1. The van der Waals surface area contributed by atoms with Gasteiger partial charge in [0.15, 0.2) is 5.78 Å². The average Bonchev–Trinajstić information content (AvgIpc) is 2.69. The first kappa shape index (κ1) is 18.2. The maximum absolute atomic E-state index is 11.9. The lowest BCUT2D eigenvalue weighted by Gasteiger charge is -2.32. The van der Waals surface area contributed by atoms with Crippen LogP contribution >= 0.6 is 0 Å². The molecule has 0 saturated heterocycles. The summed E-state index contributed by atoms with van der Waals surface area (Å²) in [5.74, 6) is 0.899. The Kier molecular flexibility index (Phi) is 5.71. The lowest BCUT2D eigenvalue weighted by Crippen LogP contribution is -2.39. The summed E-state index contributed by atoms with van der Waals surface area (Å²) in [6, 6.07) is 14.9. The summed E-state index contributed by atoms with van der Waals surface area (Å²) in [6.45, 7) is 1.29. The van der Waals surface area contributed by atoms with Gasteiger partial charge in [-0.05, 0) is 36.8 Å². The minimum Gasteiger partial charge on any atom is -0.497 e. The summed E-state index contributed by atoms with van der Waals surface area (Å²) in [7, 11) is 1.54. The van der Waals surface area contributed by atoms with Crippen LogP contribution in [0.4, 0.5) is 0 Å². The van der Waals surface area contributed by atoms with Crippen molar-refractivity contribution >= 4 is 5.78 Å². The summed E-state index contributed by atoms with van der Waals surface area (Å²) in [5.41, 5.74) is 1.44. The normalized spacial score (nSPS) is 22.0. The molecular formula is C21H22O5. The second-order valence-electron chi connectivity index (χ2n) is 6.07. The zero-order chi connectivity index (χ0) is 18.5. The topological polar surface area (TPSA) is 65.0 Å². The number of hydrogen-bond donors (Lipinski definition) is 1. The summed E-state index contributed by atoms with van der Waals surface area (Å²) in [6.07, 6.45) is 2.51. The third-order valence-electron chi connectivity index (χ3n) is 4.30.